The van der Waals surface area contributed by atoms with Gasteiger partial charge in [0.2, 0.25) is 0 Å². The second-order valence-corrected chi connectivity index (χ2v) is 5.30. The number of H-pyrrole nitrogens is 1. The summed E-state index contributed by atoms with van der Waals surface area (Å²) in [5.41, 5.74) is 1.80. The summed E-state index contributed by atoms with van der Waals surface area (Å²) in [7, 11) is 0. The zero-order chi connectivity index (χ0) is 16.6. The Morgan fingerprint density at radius 2 is 1.74 bits per heavy atom. The van der Waals surface area contributed by atoms with Crippen LogP contribution in [0.2, 0.25) is 0 Å². The first kappa shape index (κ1) is 15.1. The summed E-state index contributed by atoms with van der Waals surface area (Å²) < 4.78 is 37.5. The maximum absolute atomic E-state index is 12.5. The predicted molar refractivity (Wildman–Crippen MR) is 82.4 cm³/mol. The quantitative estimate of drug-likeness (QED) is 0.704. The molecule has 0 atom stereocenters. The molecule has 3 aromatic rings. The van der Waals surface area contributed by atoms with Crippen LogP contribution in [0.3, 0.4) is 0 Å². The molecule has 0 unspecified atom stereocenters. The number of aryl methyl sites for hydroxylation is 1. The third kappa shape index (κ3) is 3.21. The Labute approximate surface area is 130 Å². The van der Waals surface area contributed by atoms with Crippen molar-refractivity contribution in [2.45, 2.75) is 13.1 Å². The van der Waals surface area contributed by atoms with Gasteiger partial charge in [0, 0.05) is 16.6 Å². The Morgan fingerprint density at radius 3 is 2.39 bits per heavy atom. The smallest absolute Gasteiger partial charge is 0.351 e. The minimum Gasteiger partial charge on any atom is -0.351 e. The van der Waals surface area contributed by atoms with E-state index in [1.165, 1.54) is 12.1 Å². The molecule has 0 saturated carbocycles. The van der Waals surface area contributed by atoms with Gasteiger partial charge in [-0.3, -0.25) is 4.79 Å². The van der Waals surface area contributed by atoms with Crippen LogP contribution in [0.4, 0.5) is 18.9 Å². The zero-order valence-electron chi connectivity index (χ0n) is 12.2. The molecule has 3 rings (SSSR count). The lowest BCUT2D eigenvalue weighted by molar-refractivity contribution is -0.137. The highest BCUT2D eigenvalue weighted by molar-refractivity contribution is 6.05. The molecule has 3 nitrogen and oxygen atoms in total. The van der Waals surface area contributed by atoms with Gasteiger partial charge in [-0.1, -0.05) is 12.1 Å². The second-order valence-electron chi connectivity index (χ2n) is 5.30. The fraction of sp³-hybridized carbons (Fsp3) is 0.118. The Hall–Kier alpha value is -2.76. The van der Waals surface area contributed by atoms with Gasteiger partial charge in [-0.25, -0.2) is 0 Å². The van der Waals surface area contributed by atoms with Crippen molar-refractivity contribution in [1.29, 1.82) is 0 Å². The first-order valence-electron chi connectivity index (χ1n) is 6.91. The van der Waals surface area contributed by atoms with E-state index in [9.17, 15) is 18.0 Å². The number of amides is 1. The molecular formula is C17H13F3N2O. The van der Waals surface area contributed by atoms with Crippen molar-refractivity contribution < 1.29 is 18.0 Å². The van der Waals surface area contributed by atoms with Gasteiger partial charge < -0.3 is 10.3 Å². The van der Waals surface area contributed by atoms with Crippen molar-refractivity contribution in [3.63, 3.8) is 0 Å². The van der Waals surface area contributed by atoms with Crippen LogP contribution >= 0.6 is 0 Å². The summed E-state index contributed by atoms with van der Waals surface area (Å²) in [5.74, 6) is -0.404. The molecule has 0 radical (unpaired) electrons. The maximum Gasteiger partial charge on any atom is 0.416 e. The fourth-order valence-corrected chi connectivity index (χ4v) is 2.30. The molecule has 1 heterocycles. The van der Waals surface area contributed by atoms with Crippen LogP contribution < -0.4 is 5.32 Å². The van der Waals surface area contributed by atoms with Crippen molar-refractivity contribution in [3.8, 4) is 0 Å². The fourth-order valence-electron chi connectivity index (χ4n) is 2.30. The summed E-state index contributed by atoms with van der Waals surface area (Å²) in [6.07, 6.45) is -4.39. The molecule has 0 aliphatic heterocycles. The van der Waals surface area contributed by atoms with E-state index in [2.05, 4.69) is 10.3 Å². The minimum atomic E-state index is -4.39. The molecule has 0 aliphatic carbocycles. The molecule has 23 heavy (non-hydrogen) atoms. The second kappa shape index (κ2) is 5.46. The standard InChI is InChI=1S/C17H13F3N2O/c1-10-2-3-11-9-15(22-14(11)8-10)16(23)21-13-6-4-12(5-7-13)17(18,19)20/h2-9,22H,1H3,(H,21,23). The lowest BCUT2D eigenvalue weighted by atomic mass is 10.2. The molecule has 1 aromatic heterocycles. The van der Waals surface area contributed by atoms with Crippen LogP contribution in [0.1, 0.15) is 21.6 Å². The number of rotatable bonds is 2. The number of aromatic amines is 1. The highest BCUT2D eigenvalue weighted by Crippen LogP contribution is 2.30. The number of carbonyl (C=O) groups is 1. The first-order chi connectivity index (χ1) is 10.8. The summed E-state index contributed by atoms with van der Waals surface area (Å²) >= 11 is 0. The van der Waals surface area contributed by atoms with E-state index in [0.29, 0.717) is 11.4 Å². The van der Waals surface area contributed by atoms with Crippen molar-refractivity contribution in [2.24, 2.45) is 0 Å². The molecule has 0 fully saturated rings. The van der Waals surface area contributed by atoms with E-state index in [1.807, 2.05) is 25.1 Å². The van der Waals surface area contributed by atoms with Crippen LogP contribution in [0.5, 0.6) is 0 Å². The molecule has 0 spiro atoms. The van der Waals surface area contributed by atoms with Gasteiger partial charge in [-0.15, -0.1) is 0 Å². The van der Waals surface area contributed by atoms with Gasteiger partial charge in [-0.05, 0) is 48.9 Å². The van der Waals surface area contributed by atoms with E-state index in [0.717, 1.165) is 28.6 Å². The van der Waals surface area contributed by atoms with Crippen LogP contribution in [0.25, 0.3) is 10.9 Å². The monoisotopic (exact) mass is 318 g/mol. The van der Waals surface area contributed by atoms with Gasteiger partial charge in [0.05, 0.1) is 5.56 Å². The summed E-state index contributed by atoms with van der Waals surface area (Å²) in [6, 6.07) is 11.8. The molecule has 1 amide bonds. The molecule has 0 saturated heterocycles. The average Bonchev–Trinajstić information content (AvgIpc) is 2.90. The number of carbonyl (C=O) groups excluding carboxylic acids is 1. The van der Waals surface area contributed by atoms with Crippen LogP contribution in [-0.4, -0.2) is 10.9 Å². The van der Waals surface area contributed by atoms with Crippen LogP contribution in [0.15, 0.2) is 48.5 Å². The molecule has 2 N–H and O–H groups in total. The number of halogens is 3. The van der Waals surface area contributed by atoms with Crippen molar-refractivity contribution >= 4 is 22.5 Å². The molecule has 118 valence electrons. The molecule has 0 aliphatic rings. The normalized spacial score (nSPS) is 11.7. The number of nitrogens with one attached hydrogen (secondary N) is 2. The maximum atomic E-state index is 12.5. The van der Waals surface area contributed by atoms with E-state index in [-0.39, 0.29) is 0 Å². The van der Waals surface area contributed by atoms with Crippen LogP contribution in [0, 0.1) is 6.92 Å². The molecule has 6 heteroatoms. The number of aromatic nitrogens is 1. The van der Waals surface area contributed by atoms with Gasteiger partial charge in [0.15, 0.2) is 0 Å². The third-order valence-electron chi connectivity index (χ3n) is 3.49. The average molecular weight is 318 g/mol. The Morgan fingerprint density at radius 1 is 1.04 bits per heavy atom. The number of alkyl halides is 3. The molecular weight excluding hydrogens is 305 g/mol. The highest BCUT2D eigenvalue weighted by atomic mass is 19.4. The topological polar surface area (TPSA) is 44.9 Å². The van der Waals surface area contributed by atoms with E-state index >= 15 is 0 Å². The van der Waals surface area contributed by atoms with Crippen molar-refractivity contribution in [2.75, 3.05) is 5.32 Å². The largest absolute Gasteiger partial charge is 0.416 e. The summed E-state index contributed by atoms with van der Waals surface area (Å²) in [6.45, 7) is 1.95. The van der Waals surface area contributed by atoms with Gasteiger partial charge >= 0.3 is 6.18 Å². The number of hydrogen-bond acceptors (Lipinski definition) is 1. The number of benzene rings is 2. The molecule has 0 bridgehead atoms. The lowest BCUT2D eigenvalue weighted by Gasteiger charge is -2.08. The lowest BCUT2D eigenvalue weighted by Crippen LogP contribution is -2.12. The van der Waals surface area contributed by atoms with Gasteiger partial charge in [0.25, 0.3) is 5.91 Å². The first-order valence-corrected chi connectivity index (χ1v) is 6.91. The highest BCUT2D eigenvalue weighted by Gasteiger charge is 2.30. The third-order valence-corrected chi connectivity index (χ3v) is 3.49. The number of fused-ring (bicyclic) bond motifs is 1. The van der Waals surface area contributed by atoms with E-state index < -0.39 is 17.6 Å². The van der Waals surface area contributed by atoms with Crippen LogP contribution in [-0.2, 0) is 6.18 Å². The minimum absolute atomic E-state index is 0.304. The SMILES string of the molecule is Cc1ccc2cc(C(=O)Nc3ccc(C(F)(F)F)cc3)[nH]c2c1. The van der Waals surface area contributed by atoms with Crippen molar-refractivity contribution in [1.82, 2.24) is 4.98 Å². The van der Waals surface area contributed by atoms with Gasteiger partial charge in [0.1, 0.15) is 5.69 Å². The molecule has 2 aromatic carbocycles. The summed E-state index contributed by atoms with van der Waals surface area (Å²) in [5, 5.41) is 3.47. The van der Waals surface area contributed by atoms with Crippen molar-refractivity contribution in [3.05, 3.63) is 65.4 Å². The van der Waals surface area contributed by atoms with E-state index in [1.54, 1.807) is 6.07 Å². The number of hydrogen-bond donors (Lipinski definition) is 2. The Bertz CT molecular complexity index is 864. The number of anilines is 1. The van der Waals surface area contributed by atoms with Gasteiger partial charge in [-0.2, -0.15) is 13.2 Å². The zero-order valence-corrected chi connectivity index (χ0v) is 12.2. The predicted octanol–water partition coefficient (Wildman–Crippen LogP) is 4.75. The van der Waals surface area contributed by atoms with E-state index in [4.69, 9.17) is 0 Å². The summed E-state index contributed by atoms with van der Waals surface area (Å²) in [4.78, 5) is 15.2. The Balaban J connectivity index is 1.80. The Kier molecular flexibility index (Phi) is 3.60.